The van der Waals surface area contributed by atoms with Crippen molar-refractivity contribution in [1.82, 2.24) is 4.90 Å². The molecule has 1 nitrogen and oxygen atoms in total. The zero-order valence-corrected chi connectivity index (χ0v) is 8.38. The van der Waals surface area contributed by atoms with E-state index in [1.807, 2.05) is 0 Å². The van der Waals surface area contributed by atoms with Crippen molar-refractivity contribution in [3.8, 4) is 0 Å². The molecule has 0 aliphatic carbocycles. The third kappa shape index (κ3) is 2.00. The molecule has 0 unspecified atom stereocenters. The van der Waals surface area contributed by atoms with E-state index < -0.39 is 17.8 Å². The molecular weight excluding hydrogens is 203 g/mol. The Balaban J connectivity index is 2.32. The van der Waals surface area contributed by atoms with Gasteiger partial charge in [0.25, 0.3) is 0 Å². The number of benzene rings is 1. The fourth-order valence-corrected chi connectivity index (χ4v) is 2.07. The van der Waals surface area contributed by atoms with Crippen molar-refractivity contribution in [3.63, 3.8) is 0 Å². The van der Waals surface area contributed by atoms with Gasteiger partial charge in [-0.2, -0.15) is 0 Å². The lowest BCUT2D eigenvalue weighted by Gasteiger charge is -2.19. The molecule has 1 aliphatic rings. The second-order valence-corrected chi connectivity index (χ2v) is 3.95. The van der Waals surface area contributed by atoms with Gasteiger partial charge in [0.15, 0.2) is 0 Å². The Morgan fingerprint density at radius 3 is 2.67 bits per heavy atom. The average Bonchev–Trinajstić information content (AvgIpc) is 2.50. The first-order valence-electron chi connectivity index (χ1n) is 4.87. The third-order valence-corrected chi connectivity index (χ3v) is 2.81. The van der Waals surface area contributed by atoms with Crippen molar-refractivity contribution in [2.75, 3.05) is 13.6 Å². The van der Waals surface area contributed by atoms with Crippen molar-refractivity contribution >= 4 is 0 Å². The minimum atomic E-state index is -0.956. The first kappa shape index (κ1) is 10.5. The molecule has 0 amide bonds. The largest absolute Gasteiger partial charge is 0.296 e. The number of rotatable bonds is 1. The maximum atomic E-state index is 13.4. The van der Waals surface area contributed by atoms with Crippen LogP contribution in [0.2, 0.25) is 0 Å². The van der Waals surface area contributed by atoms with Crippen molar-refractivity contribution < 1.29 is 13.2 Å². The van der Waals surface area contributed by atoms with Crippen LogP contribution in [0.5, 0.6) is 0 Å². The Morgan fingerprint density at radius 2 is 2.07 bits per heavy atom. The van der Waals surface area contributed by atoms with Crippen molar-refractivity contribution in [1.29, 1.82) is 0 Å². The molecule has 82 valence electrons. The summed E-state index contributed by atoms with van der Waals surface area (Å²) in [7, 11) is 1.72. The highest BCUT2D eigenvalue weighted by Crippen LogP contribution is 2.33. The molecule has 0 aromatic heterocycles. The van der Waals surface area contributed by atoms with Crippen LogP contribution in [0, 0.1) is 11.6 Å². The lowest BCUT2D eigenvalue weighted by Crippen LogP contribution is -2.19. The molecule has 0 spiro atoms. The fraction of sp³-hybridized carbons (Fsp3) is 0.455. The van der Waals surface area contributed by atoms with Crippen LogP contribution in [0.25, 0.3) is 0 Å². The summed E-state index contributed by atoms with van der Waals surface area (Å²) in [6, 6.07) is 2.95. The average molecular weight is 215 g/mol. The van der Waals surface area contributed by atoms with Crippen LogP contribution >= 0.6 is 0 Å². The topological polar surface area (TPSA) is 3.24 Å². The minimum absolute atomic E-state index is 0.233. The van der Waals surface area contributed by atoms with Gasteiger partial charge < -0.3 is 0 Å². The molecule has 1 aromatic carbocycles. The van der Waals surface area contributed by atoms with Crippen LogP contribution in [-0.2, 0) is 0 Å². The SMILES string of the molecule is CN1C[C@@H](F)C[C@@H]1c1cc(F)ccc1F. The summed E-state index contributed by atoms with van der Waals surface area (Å²) >= 11 is 0. The standard InChI is InChI=1S/C11H12F3N/c1-15-6-8(13)5-11(15)9-4-7(12)2-3-10(9)14/h2-4,8,11H,5-6H2,1H3/t8-,11+/m0/s1. The van der Waals surface area contributed by atoms with Gasteiger partial charge in [-0.25, -0.2) is 13.2 Å². The van der Waals surface area contributed by atoms with E-state index in [4.69, 9.17) is 0 Å². The van der Waals surface area contributed by atoms with Crippen LogP contribution in [0.15, 0.2) is 18.2 Å². The number of hydrogen-bond acceptors (Lipinski definition) is 1. The summed E-state index contributed by atoms with van der Waals surface area (Å²) in [5.41, 5.74) is 0.248. The van der Waals surface area contributed by atoms with Crippen molar-refractivity contribution in [2.24, 2.45) is 0 Å². The molecule has 1 aliphatic heterocycles. The molecule has 0 bridgehead atoms. The van der Waals surface area contributed by atoms with Crippen LogP contribution in [0.1, 0.15) is 18.0 Å². The molecule has 0 radical (unpaired) electrons. The smallest absolute Gasteiger partial charge is 0.128 e. The van der Waals surface area contributed by atoms with E-state index in [1.54, 1.807) is 11.9 Å². The van der Waals surface area contributed by atoms with Gasteiger partial charge in [0, 0.05) is 18.2 Å². The molecule has 2 rings (SSSR count). The highest BCUT2D eigenvalue weighted by atomic mass is 19.1. The summed E-state index contributed by atoms with van der Waals surface area (Å²) in [6.07, 6.45) is -0.723. The highest BCUT2D eigenvalue weighted by molar-refractivity contribution is 5.23. The van der Waals surface area contributed by atoms with E-state index in [1.165, 1.54) is 0 Å². The zero-order chi connectivity index (χ0) is 11.0. The maximum Gasteiger partial charge on any atom is 0.128 e. The van der Waals surface area contributed by atoms with Gasteiger partial charge >= 0.3 is 0 Å². The number of alkyl halides is 1. The van der Waals surface area contributed by atoms with E-state index in [0.717, 1.165) is 18.2 Å². The first-order valence-corrected chi connectivity index (χ1v) is 4.87. The van der Waals surface area contributed by atoms with Crippen LogP contribution < -0.4 is 0 Å². The predicted molar refractivity (Wildman–Crippen MR) is 51.2 cm³/mol. The van der Waals surface area contributed by atoms with Gasteiger partial charge in [0.2, 0.25) is 0 Å². The lowest BCUT2D eigenvalue weighted by atomic mass is 10.0. The van der Waals surface area contributed by atoms with E-state index in [-0.39, 0.29) is 24.6 Å². The Bertz CT molecular complexity index is 367. The van der Waals surface area contributed by atoms with Crippen LogP contribution in [0.3, 0.4) is 0 Å². The number of hydrogen-bond donors (Lipinski definition) is 0. The Hall–Kier alpha value is -1.03. The third-order valence-electron chi connectivity index (χ3n) is 2.81. The van der Waals surface area contributed by atoms with Gasteiger partial charge in [0.05, 0.1) is 0 Å². The molecule has 15 heavy (non-hydrogen) atoms. The Kier molecular flexibility index (Phi) is 2.69. The molecule has 0 N–H and O–H groups in total. The summed E-state index contributed by atoms with van der Waals surface area (Å²) in [5, 5.41) is 0. The number of likely N-dealkylation sites (tertiary alicyclic amines) is 1. The Labute approximate surface area is 86.5 Å². The van der Waals surface area contributed by atoms with E-state index in [2.05, 4.69) is 0 Å². The monoisotopic (exact) mass is 215 g/mol. The lowest BCUT2D eigenvalue weighted by molar-refractivity contribution is 0.293. The summed E-state index contributed by atoms with van der Waals surface area (Å²) in [4.78, 5) is 1.71. The zero-order valence-electron chi connectivity index (χ0n) is 8.38. The quantitative estimate of drug-likeness (QED) is 0.696. The minimum Gasteiger partial charge on any atom is -0.296 e. The van der Waals surface area contributed by atoms with E-state index >= 15 is 0 Å². The van der Waals surface area contributed by atoms with Crippen LogP contribution in [-0.4, -0.2) is 24.7 Å². The second kappa shape index (κ2) is 3.85. The number of nitrogens with zero attached hydrogens (tertiary/aromatic N) is 1. The Morgan fingerprint density at radius 1 is 1.33 bits per heavy atom. The summed E-state index contributed by atoms with van der Waals surface area (Å²) in [6.45, 7) is 0.278. The van der Waals surface area contributed by atoms with Gasteiger partial charge in [-0.05, 0) is 31.7 Å². The molecule has 1 aromatic rings. The molecule has 1 heterocycles. The first-order chi connectivity index (χ1) is 7.08. The van der Waals surface area contributed by atoms with E-state index in [9.17, 15) is 13.2 Å². The van der Waals surface area contributed by atoms with Gasteiger partial charge in [-0.1, -0.05) is 0 Å². The molecule has 2 atom stereocenters. The summed E-state index contributed by atoms with van der Waals surface area (Å²) in [5.74, 6) is -0.954. The second-order valence-electron chi connectivity index (χ2n) is 3.95. The van der Waals surface area contributed by atoms with Crippen LogP contribution in [0.4, 0.5) is 13.2 Å². The van der Waals surface area contributed by atoms with E-state index in [0.29, 0.717) is 0 Å². The van der Waals surface area contributed by atoms with Crippen molar-refractivity contribution in [2.45, 2.75) is 18.6 Å². The molecule has 1 fully saturated rings. The summed E-state index contributed by atoms with van der Waals surface area (Å²) < 4.78 is 39.4. The predicted octanol–water partition coefficient (Wildman–Crippen LogP) is 2.68. The van der Waals surface area contributed by atoms with Gasteiger partial charge in [-0.15, -0.1) is 0 Å². The van der Waals surface area contributed by atoms with Gasteiger partial charge in [0.1, 0.15) is 17.8 Å². The molecule has 1 saturated heterocycles. The number of halogens is 3. The highest BCUT2D eigenvalue weighted by Gasteiger charge is 2.32. The molecular formula is C11H12F3N. The normalized spacial score (nSPS) is 27.2. The van der Waals surface area contributed by atoms with Gasteiger partial charge in [-0.3, -0.25) is 4.90 Å². The molecule has 0 saturated carbocycles. The maximum absolute atomic E-state index is 13.4. The molecule has 4 heteroatoms. The fourth-order valence-electron chi connectivity index (χ4n) is 2.07. The van der Waals surface area contributed by atoms with Crippen molar-refractivity contribution in [3.05, 3.63) is 35.4 Å².